The van der Waals surface area contributed by atoms with Crippen molar-refractivity contribution < 1.29 is 43.6 Å². The number of ether oxygens (including phenoxy) is 3. The summed E-state index contributed by atoms with van der Waals surface area (Å²) in [6, 6.07) is 0. The molecule has 9 nitrogen and oxygen atoms in total. The second kappa shape index (κ2) is 9.84. The fourth-order valence-corrected chi connectivity index (χ4v) is 7.56. The van der Waals surface area contributed by atoms with Crippen molar-refractivity contribution in [2.75, 3.05) is 13.2 Å². The molecule has 2 N–H and O–H groups in total. The minimum absolute atomic E-state index is 0.0853. The van der Waals surface area contributed by atoms with Gasteiger partial charge >= 0.3 is 17.9 Å². The van der Waals surface area contributed by atoms with Crippen LogP contribution in [0.3, 0.4) is 0 Å². The van der Waals surface area contributed by atoms with E-state index < -0.39 is 82.1 Å². The summed E-state index contributed by atoms with van der Waals surface area (Å²) in [6.07, 6.45) is 2.82. The normalized spacial score (nSPS) is 40.6. The third-order valence-electron chi connectivity index (χ3n) is 9.71. The van der Waals surface area contributed by atoms with Crippen LogP contribution in [0.5, 0.6) is 0 Å². The molecule has 216 valence electrons. The van der Waals surface area contributed by atoms with E-state index in [1.165, 1.54) is 6.92 Å². The van der Waals surface area contributed by atoms with Crippen LogP contribution >= 0.6 is 0 Å². The van der Waals surface area contributed by atoms with Crippen LogP contribution in [0.2, 0.25) is 0 Å². The topological polar surface area (TPSA) is 136 Å². The number of esters is 3. The second-order valence-corrected chi connectivity index (χ2v) is 12.8. The van der Waals surface area contributed by atoms with Gasteiger partial charge in [0.05, 0.1) is 29.5 Å². The molecule has 0 aromatic rings. The smallest absolute Gasteiger partial charge is 0.309 e. The highest BCUT2D eigenvalue weighted by Gasteiger charge is 2.89. The Morgan fingerprint density at radius 3 is 2.23 bits per heavy atom. The Hall–Kier alpha value is -2.52. The predicted octanol–water partition coefficient (Wildman–Crippen LogP) is 2.77. The minimum atomic E-state index is -1.58. The van der Waals surface area contributed by atoms with Crippen LogP contribution < -0.4 is 0 Å². The molecule has 0 heterocycles. The van der Waals surface area contributed by atoms with Crippen molar-refractivity contribution in [1.82, 2.24) is 0 Å². The van der Waals surface area contributed by atoms with E-state index in [4.69, 9.17) is 14.2 Å². The van der Waals surface area contributed by atoms with Crippen LogP contribution in [0.15, 0.2) is 23.3 Å². The van der Waals surface area contributed by atoms with Gasteiger partial charge in [0.1, 0.15) is 12.7 Å². The Morgan fingerprint density at radius 1 is 1.08 bits per heavy atom. The second-order valence-electron chi connectivity index (χ2n) is 12.8. The average molecular weight is 547 g/mol. The first-order valence-electron chi connectivity index (χ1n) is 13.9. The molecule has 4 rings (SSSR count). The third-order valence-corrected chi connectivity index (χ3v) is 9.71. The average Bonchev–Trinajstić information content (AvgIpc) is 3.31. The molecule has 0 aromatic carbocycles. The first kappa shape index (κ1) is 29.5. The summed E-state index contributed by atoms with van der Waals surface area (Å²) in [5, 5.41) is 23.0. The molecular weight excluding hydrogens is 504 g/mol. The van der Waals surface area contributed by atoms with Gasteiger partial charge in [-0.1, -0.05) is 53.7 Å². The fourth-order valence-electron chi connectivity index (χ4n) is 7.56. The number of rotatable bonds is 7. The summed E-state index contributed by atoms with van der Waals surface area (Å²) in [5.41, 5.74) is -2.85. The molecule has 2 fully saturated rings. The highest BCUT2D eigenvalue weighted by molar-refractivity contribution is 6.00. The van der Waals surface area contributed by atoms with E-state index >= 15 is 0 Å². The van der Waals surface area contributed by atoms with Crippen LogP contribution in [0, 0.1) is 46.8 Å². The molecule has 0 bridgehead atoms. The number of ketones is 1. The standard InChI is InChI=1S/C30H42O9/c1-14(2)26(34)38-25-17(6)29(36)21-9-16(5)23(33)20(21)10-19(12-31)11-22(29)24-28(8,13-37-18(7)32)30(24,25)39-27(35)15(3)4/h9,11,14-15,17,20-22,24-25,31,36H,10,12-13H2,1-8H3. The Bertz CT molecular complexity index is 1140. The zero-order chi connectivity index (χ0) is 29.2. The molecule has 0 aromatic heterocycles. The van der Waals surface area contributed by atoms with E-state index in [2.05, 4.69) is 0 Å². The highest BCUT2D eigenvalue weighted by atomic mass is 16.6. The number of hydrogen-bond donors (Lipinski definition) is 2. The van der Waals surface area contributed by atoms with Gasteiger partial charge in [-0.3, -0.25) is 19.2 Å². The van der Waals surface area contributed by atoms with E-state index in [9.17, 15) is 29.4 Å². The largest absolute Gasteiger partial charge is 0.465 e. The van der Waals surface area contributed by atoms with Gasteiger partial charge in [0.15, 0.2) is 11.4 Å². The SMILES string of the molecule is CC(=O)OCC1(C)C2C3C=C(CO)CC4C(=O)C(C)=CC4C3(O)C(C)C(OC(=O)C(C)C)C21OC(=O)C(C)C. The lowest BCUT2D eigenvalue weighted by Crippen LogP contribution is -2.64. The first-order chi connectivity index (χ1) is 18.1. The number of Topliss-reactive ketones (excluding diaryl/α,β-unsaturated/α-hetero) is 1. The lowest BCUT2D eigenvalue weighted by Gasteiger charge is -2.52. The van der Waals surface area contributed by atoms with Crippen molar-refractivity contribution in [1.29, 1.82) is 0 Å². The molecule has 4 aliphatic carbocycles. The van der Waals surface area contributed by atoms with Gasteiger partial charge in [-0.25, -0.2) is 0 Å². The molecular formula is C30H42O9. The third kappa shape index (κ3) is 4.19. The molecule has 0 radical (unpaired) electrons. The number of carbonyl (C=O) groups is 4. The minimum Gasteiger partial charge on any atom is -0.465 e. The molecule has 0 spiro atoms. The number of aliphatic hydroxyl groups excluding tert-OH is 1. The van der Waals surface area contributed by atoms with Gasteiger partial charge in [-0.15, -0.1) is 0 Å². The van der Waals surface area contributed by atoms with E-state index in [-0.39, 0.29) is 25.4 Å². The zero-order valence-corrected chi connectivity index (χ0v) is 24.1. The predicted molar refractivity (Wildman–Crippen MR) is 140 cm³/mol. The summed E-state index contributed by atoms with van der Waals surface area (Å²) in [5.74, 6) is -5.87. The number of allylic oxidation sites excluding steroid dienone is 1. The van der Waals surface area contributed by atoms with Crippen LogP contribution in [0.1, 0.15) is 61.8 Å². The van der Waals surface area contributed by atoms with Crippen LogP contribution in [0.4, 0.5) is 0 Å². The van der Waals surface area contributed by atoms with E-state index in [0.29, 0.717) is 11.1 Å². The van der Waals surface area contributed by atoms with Gasteiger partial charge in [-0.2, -0.15) is 0 Å². The fraction of sp³-hybridized carbons (Fsp3) is 0.733. The number of fused-ring (bicyclic) bond motifs is 5. The van der Waals surface area contributed by atoms with Crippen molar-refractivity contribution in [3.63, 3.8) is 0 Å². The molecule has 4 aliphatic rings. The Labute approximate surface area is 229 Å². The van der Waals surface area contributed by atoms with E-state index in [1.54, 1.807) is 47.6 Å². The molecule has 0 saturated heterocycles. The molecule has 9 unspecified atom stereocenters. The molecule has 2 saturated carbocycles. The quantitative estimate of drug-likeness (QED) is 0.281. The summed E-state index contributed by atoms with van der Waals surface area (Å²) in [4.78, 5) is 51.4. The maximum Gasteiger partial charge on any atom is 0.309 e. The maximum atomic E-state index is 13.2. The monoisotopic (exact) mass is 546 g/mol. The van der Waals surface area contributed by atoms with Gasteiger partial charge in [0.25, 0.3) is 0 Å². The Balaban J connectivity index is 1.97. The van der Waals surface area contributed by atoms with Crippen LogP contribution in [0.25, 0.3) is 0 Å². The molecule has 39 heavy (non-hydrogen) atoms. The first-order valence-corrected chi connectivity index (χ1v) is 13.9. The van der Waals surface area contributed by atoms with Crippen molar-refractivity contribution in [2.45, 2.75) is 79.1 Å². The Kier molecular flexibility index (Phi) is 7.43. The molecule has 0 amide bonds. The number of aliphatic hydroxyl groups is 2. The van der Waals surface area contributed by atoms with Crippen molar-refractivity contribution in [2.24, 2.45) is 46.8 Å². The number of hydrogen-bond acceptors (Lipinski definition) is 9. The lowest BCUT2D eigenvalue weighted by molar-refractivity contribution is -0.223. The van der Waals surface area contributed by atoms with Crippen LogP contribution in [-0.4, -0.2) is 64.4 Å². The van der Waals surface area contributed by atoms with E-state index in [1.807, 2.05) is 13.0 Å². The van der Waals surface area contributed by atoms with Crippen molar-refractivity contribution in [3.8, 4) is 0 Å². The number of carbonyl (C=O) groups excluding carboxylic acids is 4. The summed E-state index contributed by atoms with van der Waals surface area (Å²) in [6.45, 7) is 13.0. The van der Waals surface area contributed by atoms with E-state index in [0.717, 1.165) is 0 Å². The van der Waals surface area contributed by atoms with Gasteiger partial charge in [-0.05, 0) is 24.5 Å². The van der Waals surface area contributed by atoms with Gasteiger partial charge < -0.3 is 24.4 Å². The van der Waals surface area contributed by atoms with Gasteiger partial charge in [0, 0.05) is 36.5 Å². The van der Waals surface area contributed by atoms with Crippen molar-refractivity contribution >= 4 is 23.7 Å². The molecule has 9 heteroatoms. The zero-order valence-electron chi connectivity index (χ0n) is 24.1. The summed E-state index contributed by atoms with van der Waals surface area (Å²) in [7, 11) is 0. The van der Waals surface area contributed by atoms with Crippen molar-refractivity contribution in [3.05, 3.63) is 23.3 Å². The maximum absolute atomic E-state index is 13.2. The summed E-state index contributed by atoms with van der Waals surface area (Å²) < 4.78 is 17.9. The summed E-state index contributed by atoms with van der Waals surface area (Å²) >= 11 is 0. The molecule has 9 atom stereocenters. The molecule has 0 aliphatic heterocycles. The van der Waals surface area contributed by atoms with Crippen LogP contribution in [-0.2, 0) is 33.4 Å². The lowest BCUT2D eigenvalue weighted by atomic mass is 9.59. The highest BCUT2D eigenvalue weighted by Crippen LogP contribution is 2.77. The van der Waals surface area contributed by atoms with Gasteiger partial charge in [0.2, 0.25) is 0 Å². The Morgan fingerprint density at radius 2 is 1.69 bits per heavy atom.